The van der Waals surface area contributed by atoms with Crippen molar-refractivity contribution in [3.63, 3.8) is 0 Å². The molecule has 2 N–H and O–H groups in total. The molecule has 0 saturated carbocycles. The van der Waals surface area contributed by atoms with Crippen LogP contribution in [-0.2, 0) is 16.4 Å². The fraction of sp³-hybridized carbons (Fsp3) is 0.278. The summed E-state index contributed by atoms with van der Waals surface area (Å²) >= 11 is 0. The summed E-state index contributed by atoms with van der Waals surface area (Å²) in [5.41, 5.74) is 2.76. The molecule has 0 aromatic heterocycles. The quantitative estimate of drug-likeness (QED) is 0.894. The zero-order valence-corrected chi connectivity index (χ0v) is 14.3. The molecule has 2 aromatic rings. The second-order valence-corrected chi connectivity index (χ2v) is 7.74. The van der Waals surface area contributed by atoms with E-state index in [1.54, 1.807) is 12.1 Å². The largest absolute Gasteiger partial charge is 0.345 e. The van der Waals surface area contributed by atoms with Crippen LogP contribution in [0.3, 0.4) is 0 Å². The number of hydrogen-bond acceptors (Lipinski definition) is 3. The second-order valence-electron chi connectivity index (χ2n) is 5.85. The number of sulfonamides is 1. The Bertz CT molecular complexity index is 862. The third-order valence-electron chi connectivity index (χ3n) is 4.35. The molecule has 0 saturated heterocycles. The van der Waals surface area contributed by atoms with Crippen molar-refractivity contribution < 1.29 is 13.2 Å². The molecule has 0 unspecified atom stereocenters. The first-order valence-corrected chi connectivity index (χ1v) is 9.42. The third kappa shape index (κ3) is 3.34. The van der Waals surface area contributed by atoms with Crippen LogP contribution < -0.4 is 10.0 Å². The summed E-state index contributed by atoms with van der Waals surface area (Å²) in [6.07, 6.45) is 2.94. The van der Waals surface area contributed by atoms with E-state index in [9.17, 15) is 13.2 Å². The maximum atomic E-state index is 12.6. The Morgan fingerprint density at radius 3 is 2.71 bits per heavy atom. The van der Waals surface area contributed by atoms with Gasteiger partial charge in [-0.05, 0) is 55.6 Å². The highest BCUT2D eigenvalue weighted by atomic mass is 32.2. The summed E-state index contributed by atoms with van der Waals surface area (Å²) in [5, 5.41) is 3.03. The molecule has 0 bridgehead atoms. The molecule has 3 rings (SSSR count). The number of carbonyl (C=O) groups excluding carboxylic acids is 1. The molecule has 1 aliphatic rings. The Kier molecular flexibility index (Phi) is 4.69. The van der Waals surface area contributed by atoms with Crippen molar-refractivity contribution in [2.75, 3.05) is 7.05 Å². The maximum absolute atomic E-state index is 12.6. The Labute approximate surface area is 142 Å². The van der Waals surface area contributed by atoms with Crippen molar-refractivity contribution in [2.45, 2.75) is 30.2 Å². The zero-order chi connectivity index (χ0) is 17.2. The number of benzene rings is 2. The van der Waals surface area contributed by atoms with Gasteiger partial charge in [0.25, 0.3) is 5.91 Å². The van der Waals surface area contributed by atoms with Crippen LogP contribution in [0.4, 0.5) is 0 Å². The molecule has 5 nitrogen and oxygen atoms in total. The molecule has 1 atom stereocenters. The van der Waals surface area contributed by atoms with Crippen LogP contribution >= 0.6 is 0 Å². The van der Waals surface area contributed by atoms with E-state index in [2.05, 4.69) is 16.1 Å². The van der Waals surface area contributed by atoms with Gasteiger partial charge in [-0.25, -0.2) is 13.1 Å². The summed E-state index contributed by atoms with van der Waals surface area (Å²) in [6, 6.07) is 14.2. The van der Waals surface area contributed by atoms with E-state index in [1.807, 2.05) is 18.2 Å². The van der Waals surface area contributed by atoms with Crippen LogP contribution in [0.2, 0.25) is 0 Å². The minimum Gasteiger partial charge on any atom is -0.345 e. The Hall–Kier alpha value is -2.18. The first-order valence-electron chi connectivity index (χ1n) is 7.93. The smallest absolute Gasteiger partial charge is 0.251 e. The molecule has 2 aromatic carbocycles. The molecule has 24 heavy (non-hydrogen) atoms. The first-order chi connectivity index (χ1) is 11.5. The van der Waals surface area contributed by atoms with E-state index in [-0.39, 0.29) is 16.8 Å². The summed E-state index contributed by atoms with van der Waals surface area (Å²) < 4.78 is 26.0. The fourth-order valence-corrected chi connectivity index (χ4v) is 3.84. The van der Waals surface area contributed by atoms with Crippen LogP contribution in [-0.4, -0.2) is 21.4 Å². The summed E-state index contributed by atoms with van der Waals surface area (Å²) in [5.74, 6) is -0.259. The van der Waals surface area contributed by atoms with Crippen molar-refractivity contribution >= 4 is 15.9 Å². The lowest BCUT2D eigenvalue weighted by Crippen LogP contribution is -2.31. The average molecular weight is 344 g/mol. The molecule has 0 radical (unpaired) electrons. The minimum atomic E-state index is -3.57. The first kappa shape index (κ1) is 16.7. The number of aryl methyl sites for hydroxylation is 1. The van der Waals surface area contributed by atoms with Crippen LogP contribution in [0.5, 0.6) is 0 Å². The van der Waals surface area contributed by atoms with E-state index in [0.717, 1.165) is 24.8 Å². The molecule has 0 fully saturated rings. The van der Waals surface area contributed by atoms with E-state index >= 15 is 0 Å². The van der Waals surface area contributed by atoms with Gasteiger partial charge in [0, 0.05) is 5.56 Å². The monoisotopic (exact) mass is 344 g/mol. The number of rotatable bonds is 4. The molecule has 0 aliphatic heterocycles. The maximum Gasteiger partial charge on any atom is 0.251 e. The topological polar surface area (TPSA) is 75.3 Å². The Morgan fingerprint density at radius 2 is 1.92 bits per heavy atom. The van der Waals surface area contributed by atoms with Gasteiger partial charge in [0.1, 0.15) is 0 Å². The second kappa shape index (κ2) is 6.75. The van der Waals surface area contributed by atoms with Crippen molar-refractivity contribution in [3.05, 3.63) is 65.2 Å². The van der Waals surface area contributed by atoms with Crippen molar-refractivity contribution in [2.24, 2.45) is 0 Å². The molecule has 1 aliphatic carbocycles. The highest BCUT2D eigenvalue weighted by molar-refractivity contribution is 7.89. The summed E-state index contributed by atoms with van der Waals surface area (Å²) in [7, 11) is -2.22. The fourth-order valence-electron chi connectivity index (χ4n) is 3.07. The highest BCUT2D eigenvalue weighted by Gasteiger charge is 2.22. The number of hydrogen-bond donors (Lipinski definition) is 2. The van der Waals surface area contributed by atoms with Crippen molar-refractivity contribution in [1.82, 2.24) is 10.0 Å². The van der Waals surface area contributed by atoms with Gasteiger partial charge < -0.3 is 5.32 Å². The van der Waals surface area contributed by atoms with Gasteiger partial charge >= 0.3 is 0 Å². The van der Waals surface area contributed by atoms with Gasteiger partial charge in [-0.1, -0.05) is 30.3 Å². The molecular formula is C18H20N2O3S. The van der Waals surface area contributed by atoms with E-state index in [4.69, 9.17) is 0 Å². The molecule has 6 heteroatoms. The highest BCUT2D eigenvalue weighted by Crippen LogP contribution is 2.29. The van der Waals surface area contributed by atoms with Crippen LogP contribution in [0, 0.1) is 0 Å². The van der Waals surface area contributed by atoms with Crippen molar-refractivity contribution in [3.8, 4) is 0 Å². The minimum absolute atomic E-state index is 0.0352. The lowest BCUT2D eigenvalue weighted by atomic mass is 9.87. The van der Waals surface area contributed by atoms with Gasteiger partial charge in [-0.15, -0.1) is 0 Å². The average Bonchev–Trinajstić information content (AvgIpc) is 2.62. The predicted molar refractivity (Wildman–Crippen MR) is 92.3 cm³/mol. The van der Waals surface area contributed by atoms with Crippen LogP contribution in [0.25, 0.3) is 0 Å². The Balaban J connectivity index is 1.83. The van der Waals surface area contributed by atoms with E-state index < -0.39 is 10.0 Å². The molecule has 126 valence electrons. The summed E-state index contributed by atoms with van der Waals surface area (Å²) in [6.45, 7) is 0. The summed E-state index contributed by atoms with van der Waals surface area (Å²) in [4.78, 5) is 12.6. The number of fused-ring (bicyclic) bond motifs is 1. The standard InChI is InChI=1S/C18H20N2O3S/c1-19-24(22,23)15-9-4-8-14(12-15)18(21)20-17-11-5-7-13-6-2-3-10-16(13)17/h2-4,6,8-10,12,17,19H,5,7,11H2,1H3,(H,20,21)/t17-/m0/s1. The number of carbonyl (C=O) groups is 1. The van der Waals surface area contributed by atoms with Gasteiger partial charge in [0.15, 0.2) is 0 Å². The predicted octanol–water partition coefficient (Wildman–Crippen LogP) is 2.40. The van der Waals surface area contributed by atoms with Crippen LogP contribution in [0.1, 0.15) is 40.4 Å². The van der Waals surface area contributed by atoms with Crippen LogP contribution in [0.15, 0.2) is 53.4 Å². The van der Waals surface area contributed by atoms with Crippen molar-refractivity contribution in [1.29, 1.82) is 0 Å². The molecule has 1 amide bonds. The third-order valence-corrected chi connectivity index (χ3v) is 5.76. The Morgan fingerprint density at radius 1 is 1.12 bits per heavy atom. The van der Waals surface area contributed by atoms with Gasteiger partial charge in [0.05, 0.1) is 10.9 Å². The van der Waals surface area contributed by atoms with Gasteiger partial charge in [-0.3, -0.25) is 4.79 Å². The van der Waals surface area contributed by atoms with E-state index in [1.165, 1.54) is 24.7 Å². The lowest BCUT2D eigenvalue weighted by Gasteiger charge is -2.26. The lowest BCUT2D eigenvalue weighted by molar-refractivity contribution is 0.0932. The number of amides is 1. The van der Waals surface area contributed by atoms with Gasteiger partial charge in [-0.2, -0.15) is 0 Å². The van der Waals surface area contributed by atoms with E-state index in [0.29, 0.717) is 5.56 Å². The molecule has 0 heterocycles. The zero-order valence-electron chi connectivity index (χ0n) is 13.5. The van der Waals surface area contributed by atoms with Gasteiger partial charge in [0.2, 0.25) is 10.0 Å². The SMILES string of the molecule is CNS(=O)(=O)c1cccc(C(=O)N[C@H]2CCCc3ccccc32)c1. The molecular weight excluding hydrogens is 324 g/mol. The molecule has 0 spiro atoms. The number of nitrogens with one attached hydrogen (secondary N) is 2. The normalized spacial score (nSPS) is 17.1.